The zero-order chi connectivity index (χ0) is 12.4. The number of halogens is 1. The summed E-state index contributed by atoms with van der Waals surface area (Å²) in [5.74, 6) is -0.422. The zero-order valence-corrected chi connectivity index (χ0v) is 11.7. The van der Waals surface area contributed by atoms with Gasteiger partial charge < -0.3 is 4.74 Å². The van der Waals surface area contributed by atoms with E-state index in [4.69, 9.17) is 4.74 Å². The minimum Gasteiger partial charge on any atom is -0.461 e. The van der Waals surface area contributed by atoms with Crippen molar-refractivity contribution in [2.24, 2.45) is 0 Å². The number of hydrogen-bond acceptors (Lipinski definition) is 5. The number of aromatic nitrogens is 3. The summed E-state index contributed by atoms with van der Waals surface area (Å²) in [5, 5.41) is 0.770. The summed E-state index contributed by atoms with van der Waals surface area (Å²) in [6.07, 6.45) is 5.15. The van der Waals surface area contributed by atoms with Crippen LogP contribution in [0.4, 0.5) is 0 Å². The van der Waals surface area contributed by atoms with Crippen LogP contribution in [-0.4, -0.2) is 33.2 Å². The molecule has 90 valence electrons. The van der Waals surface area contributed by atoms with E-state index >= 15 is 0 Å². The molecular formula is C10H10BrN3O2S. The number of thioether (sulfide) groups is 1. The lowest BCUT2D eigenvalue weighted by atomic mass is 10.3. The third-order valence-corrected chi connectivity index (χ3v) is 3.39. The van der Waals surface area contributed by atoms with Gasteiger partial charge in [-0.25, -0.2) is 14.8 Å². The fraction of sp³-hybridized carbons (Fsp3) is 0.300. The van der Waals surface area contributed by atoms with E-state index in [1.165, 1.54) is 11.8 Å². The van der Waals surface area contributed by atoms with Crippen molar-refractivity contribution in [3.8, 4) is 0 Å². The van der Waals surface area contributed by atoms with Crippen molar-refractivity contribution >= 4 is 39.2 Å². The third-order valence-electron chi connectivity index (χ3n) is 2.14. The first-order chi connectivity index (χ1) is 8.19. The lowest BCUT2D eigenvalue weighted by Gasteiger charge is -2.04. The molecule has 0 bridgehead atoms. The van der Waals surface area contributed by atoms with Gasteiger partial charge in [-0.05, 0) is 29.1 Å². The largest absolute Gasteiger partial charge is 0.461 e. The molecule has 0 aromatic carbocycles. The number of imidazole rings is 1. The number of hydrogen-bond donors (Lipinski definition) is 0. The highest BCUT2D eigenvalue weighted by Crippen LogP contribution is 2.25. The summed E-state index contributed by atoms with van der Waals surface area (Å²) < 4.78 is 7.44. The molecule has 5 nitrogen and oxygen atoms in total. The minimum atomic E-state index is -0.422. The van der Waals surface area contributed by atoms with Crippen LogP contribution in [0, 0.1) is 0 Å². The van der Waals surface area contributed by atoms with Crippen LogP contribution in [0.15, 0.2) is 22.2 Å². The van der Waals surface area contributed by atoms with Crippen molar-refractivity contribution in [2.75, 3.05) is 12.9 Å². The molecule has 0 amide bonds. The zero-order valence-electron chi connectivity index (χ0n) is 9.31. The number of ether oxygens (including phenoxy) is 1. The molecule has 0 radical (unpaired) electrons. The molecule has 0 unspecified atom stereocenters. The summed E-state index contributed by atoms with van der Waals surface area (Å²) in [5.41, 5.74) is 0.985. The number of rotatable bonds is 3. The van der Waals surface area contributed by atoms with Crippen LogP contribution in [0.25, 0.3) is 5.52 Å². The predicted molar refractivity (Wildman–Crippen MR) is 68.4 cm³/mol. The second-order valence-electron chi connectivity index (χ2n) is 3.13. The van der Waals surface area contributed by atoms with Gasteiger partial charge >= 0.3 is 5.97 Å². The topological polar surface area (TPSA) is 56.5 Å². The third kappa shape index (κ3) is 2.16. The SMILES string of the molecule is CCOC(=O)c1ncn2c(SC)ncc(Br)c12. The first kappa shape index (κ1) is 12.4. The van der Waals surface area contributed by atoms with Gasteiger partial charge in [0.15, 0.2) is 10.9 Å². The fourth-order valence-electron chi connectivity index (χ4n) is 1.46. The van der Waals surface area contributed by atoms with Crippen LogP contribution in [-0.2, 0) is 4.74 Å². The first-order valence-corrected chi connectivity index (χ1v) is 6.93. The lowest BCUT2D eigenvalue weighted by Crippen LogP contribution is -2.06. The van der Waals surface area contributed by atoms with E-state index in [9.17, 15) is 4.79 Å². The van der Waals surface area contributed by atoms with Crippen LogP contribution < -0.4 is 0 Å². The molecule has 0 atom stereocenters. The van der Waals surface area contributed by atoms with Crippen LogP contribution in [0.5, 0.6) is 0 Å². The van der Waals surface area contributed by atoms with E-state index in [0.717, 1.165) is 9.63 Å². The molecule has 2 aromatic heterocycles. The molecule has 2 heterocycles. The number of fused-ring (bicyclic) bond motifs is 1. The molecule has 0 saturated carbocycles. The van der Waals surface area contributed by atoms with Gasteiger partial charge in [-0.15, -0.1) is 0 Å². The molecule has 2 rings (SSSR count). The van der Waals surface area contributed by atoms with Crippen molar-refractivity contribution in [2.45, 2.75) is 12.1 Å². The fourth-order valence-corrected chi connectivity index (χ4v) is 2.43. The quantitative estimate of drug-likeness (QED) is 0.494. The highest BCUT2D eigenvalue weighted by molar-refractivity contribution is 9.10. The maximum absolute atomic E-state index is 11.7. The van der Waals surface area contributed by atoms with Gasteiger partial charge in [0.2, 0.25) is 0 Å². The summed E-state index contributed by atoms with van der Waals surface area (Å²) in [4.78, 5) is 20.0. The van der Waals surface area contributed by atoms with Crippen molar-refractivity contribution in [3.63, 3.8) is 0 Å². The van der Waals surface area contributed by atoms with Gasteiger partial charge in [-0.2, -0.15) is 0 Å². The van der Waals surface area contributed by atoms with E-state index in [-0.39, 0.29) is 0 Å². The van der Waals surface area contributed by atoms with Crippen molar-refractivity contribution in [3.05, 3.63) is 22.7 Å². The van der Waals surface area contributed by atoms with Gasteiger partial charge in [0.1, 0.15) is 6.33 Å². The van der Waals surface area contributed by atoms with Crippen LogP contribution >= 0.6 is 27.7 Å². The van der Waals surface area contributed by atoms with Gasteiger partial charge in [-0.3, -0.25) is 4.40 Å². The van der Waals surface area contributed by atoms with Gasteiger partial charge in [-0.1, -0.05) is 11.8 Å². The molecule has 17 heavy (non-hydrogen) atoms. The Morgan fingerprint density at radius 3 is 3.00 bits per heavy atom. The molecule has 0 aliphatic carbocycles. The van der Waals surface area contributed by atoms with E-state index in [1.807, 2.05) is 6.26 Å². The minimum absolute atomic E-state index is 0.302. The van der Waals surface area contributed by atoms with Gasteiger partial charge in [0, 0.05) is 6.20 Å². The first-order valence-electron chi connectivity index (χ1n) is 4.91. The molecule has 2 aromatic rings. The van der Waals surface area contributed by atoms with Gasteiger partial charge in [0.05, 0.1) is 16.6 Å². The summed E-state index contributed by atoms with van der Waals surface area (Å²) >= 11 is 4.85. The van der Waals surface area contributed by atoms with Crippen molar-refractivity contribution in [1.29, 1.82) is 0 Å². The Labute approximate surface area is 111 Å². The molecule has 0 saturated heterocycles. The van der Waals surface area contributed by atoms with E-state index < -0.39 is 5.97 Å². The maximum Gasteiger partial charge on any atom is 0.359 e. The monoisotopic (exact) mass is 315 g/mol. The molecule has 0 spiro atoms. The Morgan fingerprint density at radius 1 is 1.59 bits per heavy atom. The highest BCUT2D eigenvalue weighted by atomic mass is 79.9. The molecule has 0 aliphatic rings. The number of carbonyl (C=O) groups excluding carboxylic acids is 1. The molecule has 7 heteroatoms. The van der Waals surface area contributed by atoms with Crippen LogP contribution in [0.1, 0.15) is 17.4 Å². The summed E-state index contributed by atoms with van der Waals surface area (Å²) in [6, 6.07) is 0. The second-order valence-corrected chi connectivity index (χ2v) is 4.75. The Hall–Kier alpha value is -1.08. The van der Waals surface area contributed by atoms with Crippen LogP contribution in [0.3, 0.4) is 0 Å². The average Bonchev–Trinajstić information content (AvgIpc) is 2.75. The number of nitrogens with zero attached hydrogens (tertiary/aromatic N) is 3. The van der Waals surface area contributed by atoms with Crippen molar-refractivity contribution in [1.82, 2.24) is 14.4 Å². The Balaban J connectivity index is 2.63. The number of esters is 1. The lowest BCUT2D eigenvalue weighted by molar-refractivity contribution is 0.0522. The molecule has 0 N–H and O–H groups in total. The second kappa shape index (κ2) is 5.05. The smallest absolute Gasteiger partial charge is 0.359 e. The van der Waals surface area contributed by atoms with E-state index in [0.29, 0.717) is 17.8 Å². The standard InChI is InChI=1S/C10H10BrN3O2S/c1-3-16-9(15)7-8-6(11)4-12-10(17-2)14(8)5-13-7/h4-5H,3H2,1-2H3. The average molecular weight is 316 g/mol. The highest BCUT2D eigenvalue weighted by Gasteiger charge is 2.18. The number of carbonyl (C=O) groups is 1. The van der Waals surface area contributed by atoms with Crippen LogP contribution in [0.2, 0.25) is 0 Å². The molecular weight excluding hydrogens is 306 g/mol. The summed E-state index contributed by atoms with van der Waals surface area (Å²) in [7, 11) is 0. The Kier molecular flexibility index (Phi) is 3.68. The van der Waals surface area contributed by atoms with E-state index in [1.54, 1.807) is 23.8 Å². The van der Waals surface area contributed by atoms with Gasteiger partial charge in [0.25, 0.3) is 0 Å². The maximum atomic E-state index is 11.7. The molecule has 0 fully saturated rings. The predicted octanol–water partition coefficient (Wildman–Crippen LogP) is 2.39. The summed E-state index contributed by atoms with van der Waals surface area (Å²) in [6.45, 7) is 2.09. The van der Waals surface area contributed by atoms with Crippen molar-refractivity contribution < 1.29 is 9.53 Å². The Morgan fingerprint density at radius 2 is 2.35 bits per heavy atom. The normalized spacial score (nSPS) is 10.8. The molecule has 0 aliphatic heterocycles. The van der Waals surface area contributed by atoms with E-state index in [2.05, 4.69) is 25.9 Å². The Bertz CT molecular complexity index is 570.